The van der Waals surface area contributed by atoms with Gasteiger partial charge in [0.1, 0.15) is 12.1 Å². The highest BCUT2D eigenvalue weighted by Crippen LogP contribution is 2.33. The molecule has 0 unspecified atom stereocenters. The average Bonchev–Trinajstić information content (AvgIpc) is 2.47. The minimum Gasteiger partial charge on any atom is -0.434 e. The van der Waals surface area contributed by atoms with Gasteiger partial charge in [-0.1, -0.05) is 0 Å². The summed E-state index contributed by atoms with van der Waals surface area (Å²) in [7, 11) is 1.50. The second-order valence-corrected chi connectivity index (χ2v) is 3.87. The Hall–Kier alpha value is -3.23. The number of carbonyl (C=O) groups is 1. The van der Waals surface area contributed by atoms with Crippen molar-refractivity contribution in [3.63, 3.8) is 0 Å². The maximum Gasteiger partial charge on any atom is 0.373 e. The second kappa shape index (κ2) is 5.82. The summed E-state index contributed by atoms with van der Waals surface area (Å²) in [5.41, 5.74) is 5.05. The summed E-state index contributed by atoms with van der Waals surface area (Å²) < 4.78 is 5.36. The molecular formula is C12H11N5O4. The molecule has 9 heteroatoms. The quantitative estimate of drug-likeness (QED) is 0.626. The number of aromatic nitrogens is 2. The van der Waals surface area contributed by atoms with Gasteiger partial charge < -0.3 is 15.8 Å². The van der Waals surface area contributed by atoms with E-state index in [1.54, 1.807) is 0 Å². The fourth-order valence-electron chi connectivity index (χ4n) is 1.58. The molecule has 2 aromatic rings. The first-order valence-corrected chi connectivity index (χ1v) is 5.77. The number of nitro groups is 1. The standard InChI is InChI=1S/C12H11N5O4/c1-14-11-9(17(19)20)12(16-6-15-11)21-8-4-2-7(3-5-8)10(13)18/h2-6H,1H3,(H2,13,18)(H,14,15,16). The number of anilines is 1. The zero-order valence-electron chi connectivity index (χ0n) is 10.9. The maximum absolute atomic E-state index is 11.1. The van der Waals surface area contributed by atoms with Gasteiger partial charge in [-0.25, -0.2) is 4.98 Å². The molecule has 3 N–H and O–H groups in total. The summed E-state index contributed by atoms with van der Waals surface area (Å²) in [5.74, 6) is -0.458. The lowest BCUT2D eigenvalue weighted by Gasteiger charge is -2.07. The number of amides is 1. The topological polar surface area (TPSA) is 133 Å². The van der Waals surface area contributed by atoms with E-state index in [4.69, 9.17) is 10.5 Å². The lowest BCUT2D eigenvalue weighted by molar-refractivity contribution is -0.385. The Balaban J connectivity index is 2.35. The predicted molar refractivity (Wildman–Crippen MR) is 73.3 cm³/mol. The van der Waals surface area contributed by atoms with Crippen molar-refractivity contribution in [2.45, 2.75) is 0 Å². The highest BCUT2D eigenvalue weighted by molar-refractivity contribution is 5.92. The number of ether oxygens (including phenoxy) is 1. The van der Waals surface area contributed by atoms with E-state index in [0.29, 0.717) is 5.56 Å². The Kier molecular flexibility index (Phi) is 3.93. The first-order chi connectivity index (χ1) is 10.0. The van der Waals surface area contributed by atoms with Crippen molar-refractivity contribution in [1.82, 2.24) is 9.97 Å². The van der Waals surface area contributed by atoms with Gasteiger partial charge in [0.15, 0.2) is 0 Å². The number of hydrogen-bond acceptors (Lipinski definition) is 7. The van der Waals surface area contributed by atoms with Crippen molar-refractivity contribution >= 4 is 17.4 Å². The molecule has 1 aromatic heterocycles. The molecule has 0 aliphatic carbocycles. The van der Waals surface area contributed by atoms with Crippen molar-refractivity contribution in [2.24, 2.45) is 5.73 Å². The van der Waals surface area contributed by atoms with Crippen molar-refractivity contribution in [3.8, 4) is 11.6 Å². The van der Waals surface area contributed by atoms with Gasteiger partial charge in [-0.05, 0) is 24.3 Å². The third-order valence-corrected chi connectivity index (χ3v) is 2.56. The number of hydrogen-bond donors (Lipinski definition) is 2. The lowest BCUT2D eigenvalue weighted by atomic mass is 10.2. The Morgan fingerprint density at radius 3 is 2.52 bits per heavy atom. The van der Waals surface area contributed by atoms with Gasteiger partial charge in [0.05, 0.1) is 4.92 Å². The molecular weight excluding hydrogens is 278 g/mol. The highest BCUT2D eigenvalue weighted by atomic mass is 16.6. The molecule has 0 fully saturated rings. The fraction of sp³-hybridized carbons (Fsp3) is 0.0833. The van der Waals surface area contributed by atoms with E-state index in [1.165, 1.54) is 31.3 Å². The zero-order valence-corrected chi connectivity index (χ0v) is 10.9. The third kappa shape index (κ3) is 3.03. The van der Waals surface area contributed by atoms with Crippen LogP contribution in [0.15, 0.2) is 30.6 Å². The number of benzene rings is 1. The first-order valence-electron chi connectivity index (χ1n) is 5.77. The van der Waals surface area contributed by atoms with Crippen LogP contribution < -0.4 is 15.8 Å². The van der Waals surface area contributed by atoms with E-state index in [0.717, 1.165) is 6.33 Å². The summed E-state index contributed by atoms with van der Waals surface area (Å²) in [5, 5.41) is 13.7. The molecule has 0 spiro atoms. The van der Waals surface area contributed by atoms with Crippen LogP contribution in [0.25, 0.3) is 0 Å². The number of carbonyl (C=O) groups excluding carboxylic acids is 1. The molecule has 9 nitrogen and oxygen atoms in total. The van der Waals surface area contributed by atoms with E-state index in [9.17, 15) is 14.9 Å². The minimum absolute atomic E-state index is 0.0405. The number of primary amides is 1. The minimum atomic E-state index is -0.640. The van der Waals surface area contributed by atoms with Gasteiger partial charge in [-0.15, -0.1) is 0 Å². The van der Waals surface area contributed by atoms with Crippen LogP contribution in [0.2, 0.25) is 0 Å². The Morgan fingerprint density at radius 2 is 2.00 bits per heavy atom. The molecule has 2 rings (SSSR count). The molecule has 1 amide bonds. The Bertz CT molecular complexity index is 687. The van der Waals surface area contributed by atoms with Gasteiger partial charge in [0.25, 0.3) is 0 Å². The van der Waals surface area contributed by atoms with Crippen LogP contribution >= 0.6 is 0 Å². The summed E-state index contributed by atoms with van der Waals surface area (Å²) in [6, 6.07) is 5.82. The number of nitrogens with zero attached hydrogens (tertiary/aromatic N) is 3. The molecule has 0 saturated carbocycles. The Morgan fingerprint density at radius 1 is 1.33 bits per heavy atom. The molecule has 1 aromatic carbocycles. The van der Waals surface area contributed by atoms with Crippen LogP contribution in [0.3, 0.4) is 0 Å². The van der Waals surface area contributed by atoms with Crippen LogP contribution in [0.4, 0.5) is 11.5 Å². The fourth-order valence-corrected chi connectivity index (χ4v) is 1.58. The molecule has 108 valence electrons. The third-order valence-electron chi connectivity index (χ3n) is 2.56. The SMILES string of the molecule is CNc1ncnc(Oc2ccc(C(N)=O)cc2)c1[N+](=O)[O-]. The van der Waals surface area contributed by atoms with E-state index in [1.807, 2.05) is 0 Å². The second-order valence-electron chi connectivity index (χ2n) is 3.87. The summed E-state index contributed by atoms with van der Waals surface area (Å²) in [4.78, 5) is 28.9. The van der Waals surface area contributed by atoms with Crippen molar-refractivity contribution < 1.29 is 14.5 Å². The largest absolute Gasteiger partial charge is 0.434 e. The maximum atomic E-state index is 11.1. The van der Waals surface area contributed by atoms with E-state index < -0.39 is 10.8 Å². The number of rotatable bonds is 5. The van der Waals surface area contributed by atoms with E-state index in [2.05, 4.69) is 15.3 Å². The first kappa shape index (κ1) is 14.2. The van der Waals surface area contributed by atoms with E-state index >= 15 is 0 Å². The normalized spacial score (nSPS) is 9.95. The monoisotopic (exact) mass is 289 g/mol. The summed E-state index contributed by atoms with van der Waals surface area (Å²) in [6.07, 6.45) is 1.14. The van der Waals surface area contributed by atoms with Crippen LogP contribution in [-0.2, 0) is 0 Å². The molecule has 0 aliphatic rings. The van der Waals surface area contributed by atoms with Crippen molar-refractivity contribution in [3.05, 3.63) is 46.3 Å². The molecule has 0 atom stereocenters. The summed E-state index contributed by atoms with van der Waals surface area (Å²) >= 11 is 0. The van der Waals surface area contributed by atoms with Gasteiger partial charge in [-0.2, -0.15) is 4.98 Å². The van der Waals surface area contributed by atoms with Gasteiger partial charge in [0, 0.05) is 12.6 Å². The van der Waals surface area contributed by atoms with Gasteiger partial charge >= 0.3 is 11.6 Å². The molecule has 1 heterocycles. The molecule has 0 radical (unpaired) electrons. The van der Waals surface area contributed by atoms with Gasteiger partial charge in [-0.3, -0.25) is 14.9 Å². The van der Waals surface area contributed by atoms with Gasteiger partial charge in [0.2, 0.25) is 11.7 Å². The lowest BCUT2D eigenvalue weighted by Crippen LogP contribution is -2.10. The zero-order chi connectivity index (χ0) is 15.4. The molecule has 21 heavy (non-hydrogen) atoms. The van der Waals surface area contributed by atoms with Crippen molar-refractivity contribution in [1.29, 1.82) is 0 Å². The number of nitrogens with two attached hydrogens (primary N) is 1. The van der Waals surface area contributed by atoms with Crippen LogP contribution in [0.5, 0.6) is 11.6 Å². The predicted octanol–water partition coefficient (Wildman–Crippen LogP) is 1.32. The van der Waals surface area contributed by atoms with E-state index in [-0.39, 0.29) is 23.1 Å². The number of nitrogens with one attached hydrogen (secondary N) is 1. The van der Waals surface area contributed by atoms with Crippen LogP contribution in [-0.4, -0.2) is 27.8 Å². The van der Waals surface area contributed by atoms with Crippen molar-refractivity contribution in [2.75, 3.05) is 12.4 Å². The molecule has 0 bridgehead atoms. The summed E-state index contributed by atoms with van der Waals surface area (Å²) in [6.45, 7) is 0. The smallest absolute Gasteiger partial charge is 0.373 e. The molecule has 0 saturated heterocycles. The average molecular weight is 289 g/mol. The molecule has 0 aliphatic heterocycles. The van der Waals surface area contributed by atoms with Crippen LogP contribution in [0, 0.1) is 10.1 Å². The highest BCUT2D eigenvalue weighted by Gasteiger charge is 2.24. The van der Waals surface area contributed by atoms with Crippen LogP contribution in [0.1, 0.15) is 10.4 Å². The Labute approximate surface area is 118 Å².